The molecule has 134 valence electrons. The summed E-state index contributed by atoms with van der Waals surface area (Å²) in [6.07, 6.45) is 10.9. The molecule has 0 bridgehead atoms. The van der Waals surface area contributed by atoms with Crippen LogP contribution in [0.3, 0.4) is 0 Å². The fourth-order valence-corrected chi connectivity index (χ4v) is 2.92. The minimum atomic E-state index is 0.216. The third-order valence-corrected chi connectivity index (χ3v) is 4.72. The Balaban J connectivity index is 2.37. The Morgan fingerprint density at radius 1 is 1.08 bits per heavy atom. The van der Waals surface area contributed by atoms with E-state index in [0.29, 0.717) is 11.5 Å². The first-order chi connectivity index (χ1) is 12.6. The molecule has 0 saturated heterocycles. The van der Waals surface area contributed by atoms with E-state index in [4.69, 9.17) is 20.6 Å². The first kappa shape index (κ1) is 20.2. The summed E-state index contributed by atoms with van der Waals surface area (Å²) in [6, 6.07) is 11.7. The molecule has 2 aromatic rings. The van der Waals surface area contributed by atoms with Crippen molar-refractivity contribution < 1.29 is 14.2 Å². The molecule has 0 aliphatic carbocycles. The smallest absolute Gasteiger partial charge is 0.161 e. The first-order valence-electron chi connectivity index (χ1n) is 7.69. The normalized spacial score (nSPS) is 11.3. The second kappa shape index (κ2) is 10.1. The van der Waals surface area contributed by atoms with Gasteiger partial charge in [0.2, 0.25) is 0 Å². The fraction of sp³-hybridized carbons (Fsp3) is 0.143. The van der Waals surface area contributed by atoms with E-state index in [1.54, 1.807) is 20.5 Å². The lowest BCUT2D eigenvalue weighted by Gasteiger charge is -2.10. The van der Waals surface area contributed by atoms with Crippen molar-refractivity contribution in [1.82, 2.24) is 0 Å². The van der Waals surface area contributed by atoms with E-state index in [-0.39, 0.29) is 6.61 Å². The van der Waals surface area contributed by atoms with E-state index in [1.807, 2.05) is 48.6 Å². The number of benzene rings is 2. The summed E-state index contributed by atoms with van der Waals surface area (Å²) < 4.78 is 18.0. The van der Waals surface area contributed by atoms with Crippen molar-refractivity contribution >= 4 is 43.5 Å². The van der Waals surface area contributed by atoms with Gasteiger partial charge in [-0.15, -0.1) is 6.42 Å². The highest BCUT2D eigenvalue weighted by Crippen LogP contribution is 2.34. The van der Waals surface area contributed by atoms with Crippen LogP contribution in [-0.4, -0.2) is 20.8 Å². The molecule has 0 fully saturated rings. The van der Waals surface area contributed by atoms with Crippen molar-refractivity contribution in [3.05, 3.63) is 68.8 Å². The quantitative estimate of drug-likeness (QED) is 0.214. The zero-order valence-electron chi connectivity index (χ0n) is 14.5. The maximum atomic E-state index is 5.41. The third-order valence-electron chi connectivity index (χ3n) is 3.50. The highest BCUT2D eigenvalue weighted by molar-refractivity contribution is 9.10. The van der Waals surface area contributed by atoms with Gasteiger partial charge in [-0.3, -0.25) is 0 Å². The predicted molar refractivity (Wildman–Crippen MR) is 113 cm³/mol. The zero-order valence-corrected chi connectivity index (χ0v) is 17.6. The van der Waals surface area contributed by atoms with Crippen LogP contribution in [0.4, 0.5) is 0 Å². The van der Waals surface area contributed by atoms with Crippen molar-refractivity contribution in [2.24, 2.45) is 0 Å². The van der Waals surface area contributed by atoms with Crippen LogP contribution >= 0.6 is 31.9 Å². The largest absolute Gasteiger partial charge is 0.493 e. The van der Waals surface area contributed by atoms with Crippen LogP contribution in [0.15, 0.2) is 57.7 Å². The SMILES string of the molecule is C#CCOC=C(C=Cc1cc(OC)c(OC)cc1Br)c1ccc(Br)cc1. The van der Waals surface area contributed by atoms with Gasteiger partial charge in [-0.1, -0.05) is 62.1 Å². The van der Waals surface area contributed by atoms with Gasteiger partial charge >= 0.3 is 0 Å². The summed E-state index contributed by atoms with van der Waals surface area (Å²) in [5.41, 5.74) is 2.86. The number of halogens is 2. The van der Waals surface area contributed by atoms with Gasteiger partial charge in [0.1, 0.15) is 6.61 Å². The molecule has 5 heteroatoms. The molecule has 0 heterocycles. The lowest BCUT2D eigenvalue weighted by atomic mass is 10.1. The molecule has 0 aromatic heterocycles. The average Bonchev–Trinajstić information content (AvgIpc) is 2.66. The maximum Gasteiger partial charge on any atom is 0.161 e. The third kappa shape index (κ3) is 5.42. The summed E-state index contributed by atoms with van der Waals surface area (Å²) in [5.74, 6) is 3.78. The van der Waals surface area contributed by atoms with Crippen molar-refractivity contribution in [3.8, 4) is 23.8 Å². The number of hydrogen-bond acceptors (Lipinski definition) is 3. The van der Waals surface area contributed by atoms with Gasteiger partial charge in [0.15, 0.2) is 11.5 Å². The van der Waals surface area contributed by atoms with Gasteiger partial charge in [-0.05, 0) is 35.4 Å². The van der Waals surface area contributed by atoms with Gasteiger partial charge < -0.3 is 14.2 Å². The molecule has 0 saturated carbocycles. The Bertz CT molecular complexity index is 847. The number of allylic oxidation sites excluding steroid dienone is 2. The molecule has 2 rings (SSSR count). The summed E-state index contributed by atoms with van der Waals surface area (Å²) >= 11 is 7.01. The lowest BCUT2D eigenvalue weighted by molar-refractivity contribution is 0.298. The van der Waals surface area contributed by atoms with Crippen LogP contribution < -0.4 is 9.47 Å². The highest BCUT2D eigenvalue weighted by atomic mass is 79.9. The Labute approximate surface area is 170 Å². The van der Waals surface area contributed by atoms with Crippen LogP contribution in [0.5, 0.6) is 11.5 Å². The molecule has 0 unspecified atom stereocenters. The summed E-state index contributed by atoms with van der Waals surface area (Å²) in [7, 11) is 3.22. The van der Waals surface area contributed by atoms with E-state index >= 15 is 0 Å². The van der Waals surface area contributed by atoms with E-state index in [2.05, 4.69) is 37.8 Å². The van der Waals surface area contributed by atoms with E-state index < -0.39 is 0 Å². The average molecular weight is 478 g/mol. The van der Waals surface area contributed by atoms with Crippen LogP contribution in [-0.2, 0) is 4.74 Å². The number of methoxy groups -OCH3 is 2. The fourth-order valence-electron chi connectivity index (χ4n) is 2.20. The predicted octanol–water partition coefficient (Wildman–Crippen LogP) is 5.93. The standard InChI is InChI=1S/C21H18Br2O3/c1-4-11-26-14-17(15-7-9-18(22)10-8-15)6-5-16-12-20(24-2)21(25-3)13-19(16)23/h1,5-10,12-14H,11H2,2-3H3. The van der Waals surface area contributed by atoms with Gasteiger partial charge in [0, 0.05) is 14.5 Å². The molecule has 3 nitrogen and oxygen atoms in total. The van der Waals surface area contributed by atoms with Crippen molar-refractivity contribution in [3.63, 3.8) is 0 Å². The van der Waals surface area contributed by atoms with E-state index in [1.165, 1.54) is 0 Å². The topological polar surface area (TPSA) is 27.7 Å². The summed E-state index contributed by atoms with van der Waals surface area (Å²) in [6.45, 7) is 0.216. The molecule has 0 amide bonds. The van der Waals surface area contributed by atoms with Crippen molar-refractivity contribution in [2.75, 3.05) is 20.8 Å². The Hall–Kier alpha value is -2.16. The molecule has 0 radical (unpaired) electrons. The highest BCUT2D eigenvalue weighted by Gasteiger charge is 2.08. The molecular weight excluding hydrogens is 460 g/mol. The zero-order chi connectivity index (χ0) is 18.9. The van der Waals surface area contributed by atoms with E-state index in [9.17, 15) is 0 Å². The number of terminal acetylenes is 1. The molecular formula is C21H18Br2O3. The van der Waals surface area contributed by atoms with Crippen molar-refractivity contribution in [2.45, 2.75) is 0 Å². The van der Waals surface area contributed by atoms with Crippen LogP contribution in [0.1, 0.15) is 11.1 Å². The Morgan fingerprint density at radius 3 is 2.35 bits per heavy atom. The molecule has 0 aliphatic rings. The molecule has 2 aromatic carbocycles. The molecule has 0 spiro atoms. The summed E-state index contributed by atoms with van der Waals surface area (Å²) in [5, 5.41) is 0. The number of rotatable bonds is 7. The molecule has 0 aliphatic heterocycles. The molecule has 0 N–H and O–H groups in total. The molecule has 0 atom stereocenters. The second-order valence-corrected chi connectivity index (χ2v) is 6.93. The summed E-state index contributed by atoms with van der Waals surface area (Å²) in [4.78, 5) is 0. The minimum Gasteiger partial charge on any atom is -0.493 e. The Kier molecular flexibility index (Phi) is 7.83. The molecule has 26 heavy (non-hydrogen) atoms. The van der Waals surface area contributed by atoms with Gasteiger partial charge in [-0.2, -0.15) is 0 Å². The maximum absolute atomic E-state index is 5.41. The van der Waals surface area contributed by atoms with Gasteiger partial charge in [-0.25, -0.2) is 0 Å². The van der Waals surface area contributed by atoms with Gasteiger partial charge in [0.05, 0.1) is 20.5 Å². The minimum absolute atomic E-state index is 0.216. The Morgan fingerprint density at radius 2 is 1.73 bits per heavy atom. The number of ether oxygens (including phenoxy) is 3. The van der Waals surface area contributed by atoms with Crippen molar-refractivity contribution in [1.29, 1.82) is 0 Å². The first-order valence-corrected chi connectivity index (χ1v) is 9.28. The van der Waals surface area contributed by atoms with Gasteiger partial charge in [0.25, 0.3) is 0 Å². The monoisotopic (exact) mass is 476 g/mol. The van der Waals surface area contributed by atoms with Crippen LogP contribution in [0, 0.1) is 12.3 Å². The van der Waals surface area contributed by atoms with E-state index in [0.717, 1.165) is 25.6 Å². The lowest BCUT2D eigenvalue weighted by Crippen LogP contribution is -1.92. The van der Waals surface area contributed by atoms with Crippen LogP contribution in [0.2, 0.25) is 0 Å². The second-order valence-electron chi connectivity index (χ2n) is 5.16. The number of hydrogen-bond donors (Lipinski definition) is 0. The van der Waals surface area contributed by atoms with Crippen LogP contribution in [0.25, 0.3) is 11.6 Å².